The van der Waals surface area contributed by atoms with E-state index in [4.69, 9.17) is 23.1 Å². The predicted molar refractivity (Wildman–Crippen MR) is 85.4 cm³/mol. The molecule has 0 radical (unpaired) electrons. The van der Waals surface area contributed by atoms with Crippen LogP contribution in [0.1, 0.15) is 18.4 Å². The minimum Gasteiger partial charge on any atom is -0.481 e. The number of aliphatic carboxylic acids is 1. The second kappa shape index (κ2) is 6.68. The van der Waals surface area contributed by atoms with Gasteiger partial charge in [-0.05, 0) is 18.6 Å². The van der Waals surface area contributed by atoms with E-state index in [0.29, 0.717) is 33.4 Å². The zero-order valence-electron chi connectivity index (χ0n) is 11.0. The molecule has 0 aliphatic carbocycles. The zero-order valence-corrected chi connectivity index (χ0v) is 12.6. The number of carboxylic acid groups (broad SMARTS) is 1. The fourth-order valence-electron chi connectivity index (χ4n) is 1.76. The number of aromatic nitrogens is 1. The summed E-state index contributed by atoms with van der Waals surface area (Å²) in [6.07, 6.45) is 5.17. The molecular formula is C13H13N3O3S2. The number of carbonyl (C=O) groups is 2. The van der Waals surface area contributed by atoms with Gasteiger partial charge in [0.25, 0.3) is 5.91 Å². The molecule has 1 aromatic rings. The van der Waals surface area contributed by atoms with E-state index >= 15 is 0 Å². The number of nitrogen functional groups attached to an aromatic ring is 1. The SMILES string of the molecule is Nc1ccncc1C=C1SC(=S)N(CCCC(=O)O)C1=O. The molecule has 0 aromatic carbocycles. The van der Waals surface area contributed by atoms with Crippen LogP contribution < -0.4 is 5.73 Å². The number of rotatable bonds is 5. The molecule has 1 aliphatic heterocycles. The van der Waals surface area contributed by atoms with Crippen molar-refractivity contribution >= 4 is 51.9 Å². The maximum Gasteiger partial charge on any atom is 0.303 e. The number of pyridine rings is 1. The lowest BCUT2D eigenvalue weighted by molar-refractivity contribution is -0.137. The van der Waals surface area contributed by atoms with Crippen molar-refractivity contribution in [3.8, 4) is 0 Å². The summed E-state index contributed by atoms with van der Waals surface area (Å²) in [6, 6.07) is 1.65. The summed E-state index contributed by atoms with van der Waals surface area (Å²) in [5.41, 5.74) is 6.99. The molecule has 110 valence electrons. The molecule has 21 heavy (non-hydrogen) atoms. The number of nitrogens with two attached hydrogens (primary N) is 1. The molecule has 1 aromatic heterocycles. The van der Waals surface area contributed by atoms with Crippen LogP contribution in [0.25, 0.3) is 6.08 Å². The summed E-state index contributed by atoms with van der Waals surface area (Å²) in [7, 11) is 0. The number of anilines is 1. The van der Waals surface area contributed by atoms with Gasteiger partial charge in [0.1, 0.15) is 4.32 Å². The smallest absolute Gasteiger partial charge is 0.303 e. The number of thioether (sulfide) groups is 1. The summed E-state index contributed by atoms with van der Waals surface area (Å²) >= 11 is 6.34. The number of carboxylic acids is 1. The molecular weight excluding hydrogens is 310 g/mol. The van der Waals surface area contributed by atoms with Crippen molar-refractivity contribution in [2.45, 2.75) is 12.8 Å². The molecule has 0 bridgehead atoms. The Morgan fingerprint density at radius 1 is 1.57 bits per heavy atom. The van der Waals surface area contributed by atoms with E-state index in [2.05, 4.69) is 4.98 Å². The summed E-state index contributed by atoms with van der Waals surface area (Å²) in [5, 5.41) is 8.62. The van der Waals surface area contributed by atoms with Gasteiger partial charge >= 0.3 is 5.97 Å². The third-order valence-electron chi connectivity index (χ3n) is 2.82. The van der Waals surface area contributed by atoms with Crippen molar-refractivity contribution in [1.29, 1.82) is 0 Å². The van der Waals surface area contributed by atoms with Gasteiger partial charge in [-0.25, -0.2) is 0 Å². The van der Waals surface area contributed by atoms with E-state index < -0.39 is 5.97 Å². The van der Waals surface area contributed by atoms with Crippen LogP contribution >= 0.6 is 24.0 Å². The molecule has 8 heteroatoms. The normalized spacial score (nSPS) is 16.8. The molecule has 2 rings (SSSR count). The fourth-order valence-corrected chi connectivity index (χ4v) is 3.06. The van der Waals surface area contributed by atoms with Crippen molar-refractivity contribution in [3.05, 3.63) is 28.9 Å². The van der Waals surface area contributed by atoms with Crippen molar-refractivity contribution < 1.29 is 14.7 Å². The van der Waals surface area contributed by atoms with Crippen LogP contribution in [0.5, 0.6) is 0 Å². The Labute approximate surface area is 131 Å². The van der Waals surface area contributed by atoms with Crippen LogP contribution in [0.15, 0.2) is 23.4 Å². The van der Waals surface area contributed by atoms with Crippen LogP contribution in [0.4, 0.5) is 5.69 Å². The first-order valence-corrected chi connectivity index (χ1v) is 7.38. The lowest BCUT2D eigenvalue weighted by Gasteiger charge is -2.13. The summed E-state index contributed by atoms with van der Waals surface area (Å²) in [6.45, 7) is 0.302. The van der Waals surface area contributed by atoms with Gasteiger partial charge in [-0.15, -0.1) is 0 Å². The van der Waals surface area contributed by atoms with Crippen molar-refractivity contribution in [1.82, 2.24) is 9.88 Å². The summed E-state index contributed by atoms with van der Waals surface area (Å²) in [5.74, 6) is -1.11. The number of hydrogen-bond acceptors (Lipinski definition) is 6. The molecule has 1 saturated heterocycles. The Bertz CT molecular complexity index is 631. The summed E-state index contributed by atoms with van der Waals surface area (Å²) < 4.78 is 0.430. The molecule has 1 amide bonds. The monoisotopic (exact) mass is 323 g/mol. The predicted octanol–water partition coefficient (Wildman–Crippen LogP) is 1.73. The first-order valence-electron chi connectivity index (χ1n) is 6.15. The van der Waals surface area contributed by atoms with E-state index in [-0.39, 0.29) is 12.3 Å². The topological polar surface area (TPSA) is 96.5 Å². The third kappa shape index (κ3) is 3.79. The van der Waals surface area contributed by atoms with E-state index in [1.807, 2.05) is 0 Å². The van der Waals surface area contributed by atoms with Gasteiger partial charge in [0.15, 0.2) is 0 Å². The van der Waals surface area contributed by atoms with Crippen LogP contribution in [0.2, 0.25) is 0 Å². The molecule has 6 nitrogen and oxygen atoms in total. The van der Waals surface area contributed by atoms with E-state index in [1.165, 1.54) is 16.7 Å². The maximum absolute atomic E-state index is 12.2. The highest BCUT2D eigenvalue weighted by Gasteiger charge is 2.31. The first-order chi connectivity index (χ1) is 9.99. The molecule has 0 unspecified atom stereocenters. The van der Waals surface area contributed by atoms with Crippen LogP contribution in [-0.4, -0.2) is 37.7 Å². The number of carbonyl (C=O) groups excluding carboxylic acids is 1. The Balaban J connectivity index is 2.11. The van der Waals surface area contributed by atoms with Gasteiger partial charge in [0, 0.05) is 36.6 Å². The highest BCUT2D eigenvalue weighted by molar-refractivity contribution is 8.26. The Hall–Kier alpha value is -1.93. The molecule has 0 atom stereocenters. The van der Waals surface area contributed by atoms with E-state index in [1.54, 1.807) is 24.5 Å². The fraction of sp³-hybridized carbons (Fsp3) is 0.231. The molecule has 1 fully saturated rings. The maximum atomic E-state index is 12.2. The minimum absolute atomic E-state index is 0.00562. The van der Waals surface area contributed by atoms with E-state index in [0.717, 1.165) is 0 Å². The first kappa shape index (κ1) is 15.5. The van der Waals surface area contributed by atoms with Crippen LogP contribution in [0, 0.1) is 0 Å². The van der Waals surface area contributed by atoms with Crippen LogP contribution in [-0.2, 0) is 9.59 Å². The molecule has 0 spiro atoms. The van der Waals surface area contributed by atoms with Gasteiger partial charge in [-0.2, -0.15) is 0 Å². The average molecular weight is 323 g/mol. The van der Waals surface area contributed by atoms with Gasteiger partial charge in [0.05, 0.1) is 4.91 Å². The van der Waals surface area contributed by atoms with Gasteiger partial charge in [-0.3, -0.25) is 19.5 Å². The van der Waals surface area contributed by atoms with Crippen molar-refractivity contribution in [3.63, 3.8) is 0 Å². The van der Waals surface area contributed by atoms with Gasteiger partial charge in [0.2, 0.25) is 0 Å². The lowest BCUT2D eigenvalue weighted by Crippen LogP contribution is -2.29. The molecule has 2 heterocycles. The summed E-state index contributed by atoms with van der Waals surface area (Å²) in [4.78, 5) is 28.6. The Kier molecular flexibility index (Phi) is 4.92. The van der Waals surface area contributed by atoms with Crippen LogP contribution in [0.3, 0.4) is 0 Å². The number of hydrogen-bond donors (Lipinski definition) is 2. The highest BCUT2D eigenvalue weighted by Crippen LogP contribution is 2.33. The van der Waals surface area contributed by atoms with Gasteiger partial charge in [-0.1, -0.05) is 24.0 Å². The Morgan fingerprint density at radius 2 is 2.33 bits per heavy atom. The minimum atomic E-state index is -0.890. The second-order valence-electron chi connectivity index (χ2n) is 4.34. The Morgan fingerprint density at radius 3 is 3.00 bits per heavy atom. The number of amides is 1. The molecule has 1 aliphatic rings. The van der Waals surface area contributed by atoms with Gasteiger partial charge < -0.3 is 10.8 Å². The highest BCUT2D eigenvalue weighted by atomic mass is 32.2. The van der Waals surface area contributed by atoms with Crippen molar-refractivity contribution in [2.75, 3.05) is 12.3 Å². The number of thiocarbonyl (C=S) groups is 1. The molecule has 3 N–H and O–H groups in total. The lowest BCUT2D eigenvalue weighted by atomic mass is 10.2. The number of nitrogens with zero attached hydrogens (tertiary/aromatic N) is 2. The molecule has 0 saturated carbocycles. The second-order valence-corrected chi connectivity index (χ2v) is 6.01. The zero-order chi connectivity index (χ0) is 15.4. The largest absolute Gasteiger partial charge is 0.481 e. The quantitative estimate of drug-likeness (QED) is 0.629. The standard InChI is InChI=1S/C13H13N3O3S2/c14-9-3-4-15-7-8(9)6-10-12(19)16(13(20)21-10)5-1-2-11(17)18/h3-4,6-7H,1-2,5H2,(H2,14,15)(H,17,18). The average Bonchev–Trinajstić information content (AvgIpc) is 2.68. The van der Waals surface area contributed by atoms with E-state index in [9.17, 15) is 9.59 Å². The van der Waals surface area contributed by atoms with Crippen molar-refractivity contribution in [2.24, 2.45) is 0 Å². The third-order valence-corrected chi connectivity index (χ3v) is 4.20.